The average Bonchev–Trinajstić information content (AvgIpc) is 2.83. The first kappa shape index (κ1) is 25.2. The van der Waals surface area contributed by atoms with Crippen LogP contribution in [0.2, 0.25) is 0 Å². The van der Waals surface area contributed by atoms with E-state index in [-0.39, 0.29) is 23.4 Å². The second kappa shape index (κ2) is 10.7. The van der Waals surface area contributed by atoms with Crippen LogP contribution in [-0.4, -0.2) is 16.8 Å². The number of nitro groups is 1. The van der Waals surface area contributed by atoms with Gasteiger partial charge in [-0.15, -0.1) is 0 Å². The third kappa shape index (κ3) is 6.34. The topological polar surface area (TPSA) is 111 Å². The highest BCUT2D eigenvalue weighted by Crippen LogP contribution is 2.33. The second-order valence-corrected chi connectivity index (χ2v) is 7.39. The lowest BCUT2D eigenvalue weighted by Gasteiger charge is -2.13. The van der Waals surface area contributed by atoms with Crippen molar-refractivity contribution in [1.82, 2.24) is 0 Å². The molecule has 0 heterocycles. The molecule has 0 saturated carbocycles. The molecule has 0 saturated heterocycles. The molecule has 0 aliphatic carbocycles. The standard InChI is InChI=1S/C24H20F3N3O5/c1-2-5-22(31)35-29-20-13-12-17(14-21(20)30(33)34)28-23(32)19-7-4-3-6-18(19)15-8-10-16(11-9-15)24(25,26)27/h3-4,6-14,29H,2,5H2,1H3,(H,28,32). The predicted octanol–water partition coefficient (Wildman–Crippen LogP) is 6.20. The molecule has 3 rings (SSSR count). The summed E-state index contributed by atoms with van der Waals surface area (Å²) >= 11 is 0. The summed E-state index contributed by atoms with van der Waals surface area (Å²) in [6.45, 7) is 1.77. The average molecular weight is 487 g/mol. The van der Waals surface area contributed by atoms with Crippen LogP contribution in [0.15, 0.2) is 66.7 Å². The number of nitrogens with zero attached hydrogens (tertiary/aromatic N) is 1. The Morgan fingerprint density at radius 3 is 2.34 bits per heavy atom. The summed E-state index contributed by atoms with van der Waals surface area (Å²) in [5, 5.41) is 14.0. The van der Waals surface area contributed by atoms with Crippen molar-refractivity contribution in [3.8, 4) is 11.1 Å². The van der Waals surface area contributed by atoms with Gasteiger partial charge in [0.25, 0.3) is 11.6 Å². The molecule has 0 bridgehead atoms. The van der Waals surface area contributed by atoms with Gasteiger partial charge in [-0.3, -0.25) is 14.9 Å². The molecule has 1 amide bonds. The highest BCUT2D eigenvalue weighted by Gasteiger charge is 2.30. The third-order valence-corrected chi connectivity index (χ3v) is 4.88. The zero-order chi connectivity index (χ0) is 25.6. The molecule has 3 aromatic carbocycles. The van der Waals surface area contributed by atoms with Crippen molar-refractivity contribution >= 4 is 28.9 Å². The molecule has 0 radical (unpaired) electrons. The predicted molar refractivity (Wildman–Crippen MR) is 123 cm³/mol. The van der Waals surface area contributed by atoms with Gasteiger partial charge in [-0.25, -0.2) is 10.3 Å². The van der Waals surface area contributed by atoms with Crippen molar-refractivity contribution in [1.29, 1.82) is 0 Å². The summed E-state index contributed by atoms with van der Waals surface area (Å²) in [4.78, 5) is 40.0. The number of nitro benzene ring substituents is 1. The fourth-order valence-corrected chi connectivity index (χ4v) is 3.18. The maximum absolute atomic E-state index is 12.9. The van der Waals surface area contributed by atoms with Crippen molar-refractivity contribution in [3.63, 3.8) is 0 Å². The van der Waals surface area contributed by atoms with Crippen LogP contribution < -0.4 is 10.8 Å². The third-order valence-electron chi connectivity index (χ3n) is 4.88. The van der Waals surface area contributed by atoms with Crippen molar-refractivity contribution in [2.75, 3.05) is 10.8 Å². The van der Waals surface area contributed by atoms with E-state index in [0.29, 0.717) is 17.5 Å². The van der Waals surface area contributed by atoms with Crippen LogP contribution >= 0.6 is 0 Å². The minimum Gasteiger partial charge on any atom is -0.343 e. The van der Waals surface area contributed by atoms with Crippen molar-refractivity contribution in [2.45, 2.75) is 25.9 Å². The summed E-state index contributed by atoms with van der Waals surface area (Å²) in [5.74, 6) is -1.20. The maximum atomic E-state index is 12.9. The molecule has 0 spiro atoms. The molecule has 0 atom stereocenters. The Labute approximate surface area is 197 Å². The van der Waals surface area contributed by atoms with Gasteiger partial charge in [0, 0.05) is 23.7 Å². The quantitative estimate of drug-likeness (QED) is 0.289. The first-order chi connectivity index (χ1) is 16.6. The fourth-order valence-electron chi connectivity index (χ4n) is 3.18. The van der Waals surface area contributed by atoms with Crippen molar-refractivity contribution in [3.05, 3.63) is 88.0 Å². The van der Waals surface area contributed by atoms with E-state index in [1.165, 1.54) is 30.3 Å². The Bertz CT molecular complexity index is 1240. The van der Waals surface area contributed by atoms with Crippen LogP contribution in [0.3, 0.4) is 0 Å². The Balaban J connectivity index is 1.83. The molecule has 0 aromatic heterocycles. The van der Waals surface area contributed by atoms with Gasteiger partial charge in [-0.2, -0.15) is 13.2 Å². The maximum Gasteiger partial charge on any atom is 0.416 e. The number of carbonyl (C=O) groups is 2. The van der Waals surface area contributed by atoms with E-state index >= 15 is 0 Å². The number of halogens is 3. The number of rotatable bonds is 8. The minimum atomic E-state index is -4.49. The van der Waals surface area contributed by atoms with Crippen LogP contribution in [0.4, 0.5) is 30.2 Å². The summed E-state index contributed by atoms with van der Waals surface area (Å²) in [6, 6.07) is 14.4. The molecular formula is C24H20F3N3O5. The highest BCUT2D eigenvalue weighted by molar-refractivity contribution is 6.09. The van der Waals surface area contributed by atoms with Gasteiger partial charge >= 0.3 is 12.1 Å². The molecule has 2 N–H and O–H groups in total. The lowest BCUT2D eigenvalue weighted by atomic mass is 9.98. The smallest absolute Gasteiger partial charge is 0.343 e. The molecule has 11 heteroatoms. The Morgan fingerprint density at radius 2 is 1.71 bits per heavy atom. The van der Waals surface area contributed by atoms with E-state index in [1.807, 2.05) is 0 Å². The van der Waals surface area contributed by atoms with E-state index in [9.17, 15) is 32.9 Å². The van der Waals surface area contributed by atoms with E-state index in [2.05, 4.69) is 10.8 Å². The van der Waals surface area contributed by atoms with E-state index < -0.39 is 34.2 Å². The van der Waals surface area contributed by atoms with Crippen molar-refractivity contribution in [2.24, 2.45) is 0 Å². The van der Waals surface area contributed by atoms with E-state index in [1.54, 1.807) is 25.1 Å². The number of amides is 1. The van der Waals surface area contributed by atoms with Crippen LogP contribution in [0.5, 0.6) is 0 Å². The van der Waals surface area contributed by atoms with Crippen LogP contribution in [0.25, 0.3) is 11.1 Å². The monoisotopic (exact) mass is 487 g/mol. The number of hydrogen-bond donors (Lipinski definition) is 2. The number of nitrogens with one attached hydrogen (secondary N) is 2. The molecule has 3 aromatic rings. The van der Waals surface area contributed by atoms with Gasteiger partial charge in [0.1, 0.15) is 5.69 Å². The van der Waals surface area contributed by atoms with Crippen LogP contribution in [0.1, 0.15) is 35.7 Å². The first-order valence-electron chi connectivity index (χ1n) is 10.4. The summed E-state index contributed by atoms with van der Waals surface area (Å²) in [6.07, 6.45) is -3.81. The fraction of sp³-hybridized carbons (Fsp3) is 0.167. The zero-order valence-corrected chi connectivity index (χ0v) is 18.4. The van der Waals surface area contributed by atoms with Gasteiger partial charge in [0.05, 0.1) is 10.5 Å². The van der Waals surface area contributed by atoms with Gasteiger partial charge in [-0.05, 0) is 47.9 Å². The molecule has 0 aliphatic rings. The summed E-state index contributed by atoms with van der Waals surface area (Å²) in [5.41, 5.74) is 1.94. The molecule has 8 nitrogen and oxygen atoms in total. The molecule has 0 fully saturated rings. The zero-order valence-electron chi connectivity index (χ0n) is 18.4. The number of alkyl halides is 3. The lowest BCUT2D eigenvalue weighted by molar-refractivity contribution is -0.384. The second-order valence-electron chi connectivity index (χ2n) is 7.39. The molecule has 0 aliphatic heterocycles. The Hall–Kier alpha value is -4.41. The SMILES string of the molecule is CCCC(=O)ONc1ccc(NC(=O)c2ccccc2-c2ccc(C(F)(F)F)cc2)cc1[N+](=O)[O-]. The Morgan fingerprint density at radius 1 is 1.03 bits per heavy atom. The number of carbonyl (C=O) groups excluding carboxylic acids is 2. The lowest BCUT2D eigenvalue weighted by Crippen LogP contribution is -2.14. The van der Waals surface area contributed by atoms with Crippen molar-refractivity contribution < 1.29 is 32.5 Å². The van der Waals surface area contributed by atoms with Gasteiger partial charge in [-0.1, -0.05) is 37.3 Å². The first-order valence-corrected chi connectivity index (χ1v) is 10.4. The van der Waals surface area contributed by atoms with Gasteiger partial charge < -0.3 is 10.2 Å². The minimum absolute atomic E-state index is 0.0809. The largest absolute Gasteiger partial charge is 0.416 e. The molecule has 182 valence electrons. The summed E-state index contributed by atoms with van der Waals surface area (Å²) < 4.78 is 38.6. The molecular weight excluding hydrogens is 467 g/mol. The van der Waals surface area contributed by atoms with Crippen LogP contribution in [0, 0.1) is 10.1 Å². The number of hydrogen-bond acceptors (Lipinski definition) is 6. The van der Waals surface area contributed by atoms with Crippen LogP contribution in [-0.2, 0) is 15.8 Å². The highest BCUT2D eigenvalue weighted by atomic mass is 19.4. The van der Waals surface area contributed by atoms with Gasteiger partial charge in [0.2, 0.25) is 0 Å². The normalized spacial score (nSPS) is 11.0. The molecule has 35 heavy (non-hydrogen) atoms. The summed E-state index contributed by atoms with van der Waals surface area (Å²) in [7, 11) is 0. The van der Waals surface area contributed by atoms with E-state index in [0.717, 1.165) is 18.2 Å². The number of anilines is 2. The number of benzene rings is 3. The van der Waals surface area contributed by atoms with Gasteiger partial charge in [0.15, 0.2) is 0 Å². The van der Waals surface area contributed by atoms with E-state index in [4.69, 9.17) is 4.84 Å². The molecule has 0 unspecified atom stereocenters. The Kier molecular flexibility index (Phi) is 7.69.